The zero-order valence-corrected chi connectivity index (χ0v) is 13.0. The number of carbonyl (C=O) groups is 3. The number of hydrogen-bond donors (Lipinski definition) is 2. The van der Waals surface area contributed by atoms with Gasteiger partial charge >= 0.3 is 11.8 Å². The first-order chi connectivity index (χ1) is 11.6. The van der Waals surface area contributed by atoms with Crippen molar-refractivity contribution in [3.63, 3.8) is 0 Å². The quantitative estimate of drug-likeness (QED) is 0.806. The molecule has 2 heterocycles. The summed E-state index contributed by atoms with van der Waals surface area (Å²) in [5.41, 5.74) is 2.23. The first-order valence-electron chi connectivity index (χ1n) is 7.42. The van der Waals surface area contributed by atoms with Gasteiger partial charge in [-0.25, -0.2) is 0 Å². The summed E-state index contributed by atoms with van der Waals surface area (Å²) in [6, 6.07) is 9.79. The van der Waals surface area contributed by atoms with Gasteiger partial charge in [0.05, 0.1) is 0 Å². The fourth-order valence-electron chi connectivity index (χ4n) is 2.58. The number of benzene rings is 1. The molecule has 7 nitrogen and oxygen atoms in total. The van der Waals surface area contributed by atoms with Crippen molar-refractivity contribution >= 4 is 23.4 Å². The molecule has 1 aromatic heterocycles. The van der Waals surface area contributed by atoms with E-state index >= 15 is 0 Å². The second-order valence-corrected chi connectivity index (χ2v) is 5.40. The van der Waals surface area contributed by atoms with Crippen molar-refractivity contribution < 1.29 is 14.4 Å². The van der Waals surface area contributed by atoms with Crippen molar-refractivity contribution in [2.45, 2.75) is 12.6 Å². The summed E-state index contributed by atoms with van der Waals surface area (Å²) in [5, 5.41) is 5.02. The summed E-state index contributed by atoms with van der Waals surface area (Å²) < 4.78 is 0. The highest BCUT2D eigenvalue weighted by atomic mass is 16.2. The largest absolute Gasteiger partial charge is 0.344 e. The number of likely N-dealkylation sites (N-methyl/N-ethyl adjacent to an activating group) is 1. The lowest BCUT2D eigenvalue weighted by Crippen LogP contribution is -2.43. The van der Waals surface area contributed by atoms with Gasteiger partial charge in [0.2, 0.25) is 0 Å². The minimum absolute atomic E-state index is 0.212. The van der Waals surface area contributed by atoms with E-state index in [1.165, 1.54) is 4.90 Å². The van der Waals surface area contributed by atoms with Crippen LogP contribution in [0.3, 0.4) is 0 Å². The van der Waals surface area contributed by atoms with Crippen LogP contribution in [0.4, 0.5) is 5.69 Å². The Labute approximate surface area is 138 Å². The maximum Gasteiger partial charge on any atom is 0.310 e. The third-order valence-corrected chi connectivity index (χ3v) is 3.87. The van der Waals surface area contributed by atoms with E-state index in [4.69, 9.17) is 0 Å². The number of aromatic nitrogens is 1. The van der Waals surface area contributed by atoms with E-state index in [0.717, 1.165) is 11.3 Å². The number of amides is 3. The SMILES string of the molecule is CN1C(=O)C(NC(=O)C(=O)NCc2ccncc2)c2ccccc21. The van der Waals surface area contributed by atoms with Gasteiger partial charge in [0.25, 0.3) is 5.91 Å². The summed E-state index contributed by atoms with van der Waals surface area (Å²) in [4.78, 5) is 41.6. The molecule has 122 valence electrons. The van der Waals surface area contributed by atoms with E-state index in [1.54, 1.807) is 49.8 Å². The summed E-state index contributed by atoms with van der Waals surface area (Å²) in [7, 11) is 1.64. The van der Waals surface area contributed by atoms with Gasteiger partial charge in [0, 0.05) is 37.2 Å². The number of para-hydroxylation sites is 1. The predicted molar refractivity (Wildman–Crippen MR) is 86.8 cm³/mol. The zero-order valence-electron chi connectivity index (χ0n) is 13.0. The van der Waals surface area contributed by atoms with Gasteiger partial charge in [-0.3, -0.25) is 19.4 Å². The fourth-order valence-corrected chi connectivity index (χ4v) is 2.58. The molecule has 1 atom stereocenters. The molecule has 2 aromatic rings. The van der Waals surface area contributed by atoms with E-state index < -0.39 is 17.9 Å². The van der Waals surface area contributed by atoms with E-state index in [9.17, 15) is 14.4 Å². The highest BCUT2D eigenvalue weighted by Gasteiger charge is 2.36. The average Bonchev–Trinajstić information content (AvgIpc) is 2.86. The van der Waals surface area contributed by atoms with Crippen molar-refractivity contribution in [3.05, 3.63) is 59.9 Å². The molecule has 7 heteroatoms. The molecular weight excluding hydrogens is 308 g/mol. The number of rotatable bonds is 3. The maximum atomic E-state index is 12.3. The number of fused-ring (bicyclic) bond motifs is 1. The minimum Gasteiger partial charge on any atom is -0.344 e. The van der Waals surface area contributed by atoms with Gasteiger partial charge in [-0.05, 0) is 23.8 Å². The molecule has 0 saturated heterocycles. The highest BCUT2D eigenvalue weighted by Crippen LogP contribution is 2.34. The fraction of sp³-hybridized carbons (Fsp3) is 0.176. The van der Waals surface area contributed by atoms with Gasteiger partial charge in [-0.2, -0.15) is 0 Å². The summed E-state index contributed by atoms with van der Waals surface area (Å²) in [6.07, 6.45) is 3.21. The number of pyridine rings is 1. The van der Waals surface area contributed by atoms with Crippen LogP contribution in [0.5, 0.6) is 0 Å². The number of nitrogens with zero attached hydrogens (tertiary/aromatic N) is 2. The molecule has 0 fully saturated rings. The molecular formula is C17H16N4O3. The van der Waals surface area contributed by atoms with Crippen LogP contribution in [0.15, 0.2) is 48.8 Å². The van der Waals surface area contributed by atoms with Crippen LogP contribution in [0.25, 0.3) is 0 Å². The molecule has 1 aromatic carbocycles. The van der Waals surface area contributed by atoms with Crippen molar-refractivity contribution in [2.24, 2.45) is 0 Å². The molecule has 0 aliphatic carbocycles. The van der Waals surface area contributed by atoms with Crippen LogP contribution in [-0.2, 0) is 20.9 Å². The number of carbonyl (C=O) groups excluding carboxylic acids is 3. The lowest BCUT2D eigenvalue weighted by atomic mass is 10.1. The first kappa shape index (κ1) is 15.7. The number of nitrogens with one attached hydrogen (secondary N) is 2. The summed E-state index contributed by atoms with van der Waals surface area (Å²) in [5.74, 6) is -1.90. The standard InChI is InChI=1S/C17H16N4O3/c1-21-13-5-3-2-4-12(13)14(17(21)24)20-16(23)15(22)19-10-11-6-8-18-9-7-11/h2-9,14H,10H2,1H3,(H,19,22)(H,20,23). The van der Waals surface area contributed by atoms with Crippen LogP contribution in [0, 0.1) is 0 Å². The lowest BCUT2D eigenvalue weighted by Gasteiger charge is -2.13. The molecule has 1 unspecified atom stereocenters. The highest BCUT2D eigenvalue weighted by molar-refractivity contribution is 6.35. The summed E-state index contributed by atoms with van der Waals surface area (Å²) >= 11 is 0. The molecule has 1 aliphatic heterocycles. The van der Waals surface area contributed by atoms with Crippen molar-refractivity contribution in [1.82, 2.24) is 15.6 Å². The average molecular weight is 324 g/mol. The topological polar surface area (TPSA) is 91.4 Å². The minimum atomic E-state index is -0.842. The molecule has 24 heavy (non-hydrogen) atoms. The van der Waals surface area contributed by atoms with Crippen LogP contribution < -0.4 is 15.5 Å². The van der Waals surface area contributed by atoms with Gasteiger partial charge in [0.1, 0.15) is 6.04 Å². The predicted octanol–water partition coefficient (Wildman–Crippen LogP) is 0.532. The molecule has 3 rings (SSSR count). The molecule has 0 saturated carbocycles. The molecule has 3 amide bonds. The van der Waals surface area contributed by atoms with Gasteiger partial charge in [-0.1, -0.05) is 18.2 Å². The zero-order chi connectivity index (χ0) is 17.1. The van der Waals surface area contributed by atoms with Gasteiger partial charge < -0.3 is 15.5 Å². The van der Waals surface area contributed by atoms with Crippen molar-refractivity contribution in [2.75, 3.05) is 11.9 Å². The smallest absolute Gasteiger partial charge is 0.310 e. The normalized spacial score (nSPS) is 15.8. The van der Waals surface area contributed by atoms with E-state index in [0.29, 0.717) is 5.56 Å². The van der Waals surface area contributed by atoms with Crippen LogP contribution in [-0.4, -0.2) is 29.8 Å². The summed E-state index contributed by atoms with van der Waals surface area (Å²) in [6.45, 7) is 0.212. The number of anilines is 1. The van der Waals surface area contributed by atoms with Crippen LogP contribution >= 0.6 is 0 Å². The van der Waals surface area contributed by atoms with Crippen LogP contribution in [0.2, 0.25) is 0 Å². The second kappa shape index (κ2) is 6.49. The molecule has 0 radical (unpaired) electrons. The van der Waals surface area contributed by atoms with E-state index in [-0.39, 0.29) is 12.5 Å². The third-order valence-electron chi connectivity index (χ3n) is 3.87. The van der Waals surface area contributed by atoms with Gasteiger partial charge in [0.15, 0.2) is 0 Å². The Hall–Kier alpha value is -3.22. The maximum absolute atomic E-state index is 12.3. The van der Waals surface area contributed by atoms with E-state index in [1.807, 2.05) is 6.07 Å². The van der Waals surface area contributed by atoms with Crippen molar-refractivity contribution in [3.8, 4) is 0 Å². The molecule has 2 N–H and O–H groups in total. The first-order valence-corrected chi connectivity index (χ1v) is 7.42. The lowest BCUT2D eigenvalue weighted by molar-refractivity contribution is -0.140. The Bertz CT molecular complexity index is 791. The third kappa shape index (κ3) is 2.96. The van der Waals surface area contributed by atoms with Gasteiger partial charge in [-0.15, -0.1) is 0 Å². The monoisotopic (exact) mass is 324 g/mol. The number of hydrogen-bond acceptors (Lipinski definition) is 4. The van der Waals surface area contributed by atoms with E-state index in [2.05, 4.69) is 15.6 Å². The second-order valence-electron chi connectivity index (χ2n) is 5.40. The Morgan fingerprint density at radius 3 is 2.58 bits per heavy atom. The van der Waals surface area contributed by atoms with Crippen molar-refractivity contribution in [1.29, 1.82) is 0 Å². The Balaban J connectivity index is 1.64. The molecule has 0 bridgehead atoms. The van der Waals surface area contributed by atoms with Crippen LogP contribution in [0.1, 0.15) is 17.2 Å². The molecule has 1 aliphatic rings. The molecule has 0 spiro atoms. The Morgan fingerprint density at radius 1 is 1.12 bits per heavy atom. The Kier molecular flexibility index (Phi) is 4.24. The Morgan fingerprint density at radius 2 is 1.83 bits per heavy atom.